The van der Waals surface area contributed by atoms with Gasteiger partial charge in [0.15, 0.2) is 0 Å². The van der Waals surface area contributed by atoms with Gasteiger partial charge in [0, 0.05) is 6.04 Å². The van der Waals surface area contributed by atoms with Crippen molar-refractivity contribution < 1.29 is 0 Å². The zero-order valence-corrected chi connectivity index (χ0v) is 7.31. The highest BCUT2D eigenvalue weighted by Crippen LogP contribution is 2.15. The van der Waals surface area contributed by atoms with Gasteiger partial charge in [-0.25, -0.2) is 0 Å². The van der Waals surface area contributed by atoms with Crippen molar-refractivity contribution in [1.29, 1.82) is 0 Å². The highest BCUT2D eigenvalue weighted by atomic mass is 127. The van der Waals surface area contributed by atoms with E-state index in [-0.39, 0.29) is 0 Å². The molecule has 0 amide bonds. The van der Waals surface area contributed by atoms with Crippen molar-refractivity contribution in [3.8, 4) is 0 Å². The second-order valence-corrected chi connectivity index (χ2v) is 3.97. The second kappa shape index (κ2) is 3.01. The quantitative estimate of drug-likeness (QED) is 0.377. The molecule has 48 valence electrons. The van der Waals surface area contributed by atoms with E-state index in [0.717, 1.165) is 10.1 Å². The molecule has 2 atom stereocenters. The molecule has 1 nitrogen and oxygen atoms in total. The predicted octanol–water partition coefficient (Wildman–Crippen LogP) is 1.91. The lowest BCUT2D eigenvalue weighted by Gasteiger charge is -2.24. The summed E-state index contributed by atoms with van der Waals surface area (Å²) < 4.78 is 0.733. The molecule has 1 aliphatic heterocycles. The van der Waals surface area contributed by atoms with Crippen molar-refractivity contribution in [1.82, 2.24) is 5.32 Å². The summed E-state index contributed by atoms with van der Waals surface area (Å²) in [5.41, 5.74) is 0. The van der Waals surface area contributed by atoms with Crippen LogP contribution in [0.25, 0.3) is 0 Å². The third-order valence-corrected chi connectivity index (χ3v) is 2.54. The van der Waals surface area contributed by atoms with Gasteiger partial charge in [-0.15, -0.1) is 0 Å². The molecular formula is C6H12IN. The molecule has 0 aromatic carbocycles. The lowest BCUT2D eigenvalue weighted by atomic mass is 10.1. The molecule has 8 heavy (non-hydrogen) atoms. The van der Waals surface area contributed by atoms with Crippen molar-refractivity contribution in [2.75, 3.05) is 0 Å². The first-order valence-electron chi connectivity index (χ1n) is 3.19. The Kier molecular flexibility index (Phi) is 2.56. The first-order chi connectivity index (χ1) is 3.79. The minimum atomic E-state index is 0.733. The second-order valence-electron chi connectivity index (χ2n) is 2.47. The van der Waals surface area contributed by atoms with E-state index in [4.69, 9.17) is 0 Å². The largest absolute Gasteiger partial charge is 0.303 e. The predicted molar refractivity (Wildman–Crippen MR) is 44.3 cm³/mol. The van der Waals surface area contributed by atoms with Crippen molar-refractivity contribution in [3.63, 3.8) is 0 Å². The maximum atomic E-state index is 3.47. The summed E-state index contributed by atoms with van der Waals surface area (Å²) in [7, 11) is 0. The van der Waals surface area contributed by atoms with Crippen molar-refractivity contribution in [3.05, 3.63) is 0 Å². The van der Waals surface area contributed by atoms with Gasteiger partial charge in [0.05, 0.1) is 4.05 Å². The average Bonchev–Trinajstić information content (AvgIpc) is 1.64. The van der Waals surface area contributed by atoms with Crippen LogP contribution in [-0.4, -0.2) is 10.1 Å². The monoisotopic (exact) mass is 225 g/mol. The molecule has 1 aliphatic rings. The molecule has 2 heteroatoms. The first kappa shape index (κ1) is 6.81. The zero-order chi connectivity index (χ0) is 5.98. The first-order valence-corrected chi connectivity index (χ1v) is 4.44. The SMILES string of the molecule is CC1CCCC(I)N1. The van der Waals surface area contributed by atoms with Crippen LogP contribution >= 0.6 is 22.6 Å². The van der Waals surface area contributed by atoms with E-state index in [1.165, 1.54) is 19.3 Å². The Morgan fingerprint density at radius 3 is 2.62 bits per heavy atom. The third-order valence-electron chi connectivity index (χ3n) is 1.56. The zero-order valence-electron chi connectivity index (χ0n) is 5.15. The van der Waals surface area contributed by atoms with E-state index in [0.29, 0.717) is 0 Å². The number of alkyl halides is 1. The number of piperidine rings is 1. The van der Waals surface area contributed by atoms with E-state index < -0.39 is 0 Å². The molecule has 1 rings (SSSR count). The number of rotatable bonds is 0. The van der Waals surface area contributed by atoms with E-state index in [9.17, 15) is 0 Å². The van der Waals surface area contributed by atoms with Crippen LogP contribution in [0.5, 0.6) is 0 Å². The van der Waals surface area contributed by atoms with Crippen LogP contribution < -0.4 is 5.32 Å². The molecule has 1 N–H and O–H groups in total. The number of nitrogens with one attached hydrogen (secondary N) is 1. The Balaban J connectivity index is 2.23. The third kappa shape index (κ3) is 1.90. The highest BCUT2D eigenvalue weighted by molar-refractivity contribution is 14.1. The molecule has 0 radical (unpaired) electrons. The lowest BCUT2D eigenvalue weighted by Crippen LogP contribution is -2.36. The van der Waals surface area contributed by atoms with Gasteiger partial charge >= 0.3 is 0 Å². The maximum absolute atomic E-state index is 3.47. The normalized spacial score (nSPS) is 39.8. The molecule has 0 aromatic rings. The summed E-state index contributed by atoms with van der Waals surface area (Å²) in [5.74, 6) is 0. The van der Waals surface area contributed by atoms with Gasteiger partial charge in [0.2, 0.25) is 0 Å². The fraction of sp³-hybridized carbons (Fsp3) is 1.00. The van der Waals surface area contributed by atoms with Crippen LogP contribution in [0.2, 0.25) is 0 Å². The summed E-state index contributed by atoms with van der Waals surface area (Å²) >= 11 is 2.46. The van der Waals surface area contributed by atoms with Gasteiger partial charge in [-0.2, -0.15) is 0 Å². The minimum absolute atomic E-state index is 0.733. The van der Waals surface area contributed by atoms with Crippen LogP contribution in [0.1, 0.15) is 26.2 Å². The molecule has 1 saturated heterocycles. The van der Waals surface area contributed by atoms with Gasteiger partial charge < -0.3 is 5.32 Å². The van der Waals surface area contributed by atoms with E-state index in [1.54, 1.807) is 0 Å². The van der Waals surface area contributed by atoms with Crippen LogP contribution in [0.3, 0.4) is 0 Å². The van der Waals surface area contributed by atoms with Gasteiger partial charge in [-0.1, -0.05) is 22.6 Å². The standard InChI is InChI=1S/C6H12IN/c1-5-3-2-4-6(7)8-5/h5-6,8H,2-4H2,1H3. The number of halogens is 1. The Bertz CT molecular complexity index is 66.9. The lowest BCUT2D eigenvalue weighted by molar-refractivity contribution is 0.413. The van der Waals surface area contributed by atoms with Crippen molar-refractivity contribution in [2.24, 2.45) is 0 Å². The Morgan fingerprint density at radius 1 is 1.50 bits per heavy atom. The van der Waals surface area contributed by atoms with Gasteiger partial charge in [0.25, 0.3) is 0 Å². The van der Waals surface area contributed by atoms with Crippen LogP contribution in [0.4, 0.5) is 0 Å². The topological polar surface area (TPSA) is 12.0 Å². The number of hydrogen-bond donors (Lipinski definition) is 1. The maximum Gasteiger partial charge on any atom is 0.0595 e. The van der Waals surface area contributed by atoms with Gasteiger partial charge in [-0.05, 0) is 26.2 Å². The summed E-state index contributed by atoms with van der Waals surface area (Å²) in [5, 5.41) is 3.47. The fourth-order valence-electron chi connectivity index (χ4n) is 1.08. The smallest absolute Gasteiger partial charge is 0.0595 e. The average molecular weight is 225 g/mol. The van der Waals surface area contributed by atoms with E-state index in [1.807, 2.05) is 0 Å². The molecule has 0 aliphatic carbocycles. The Labute approximate surface area is 64.4 Å². The van der Waals surface area contributed by atoms with Crippen LogP contribution in [0, 0.1) is 0 Å². The minimum Gasteiger partial charge on any atom is -0.303 e. The van der Waals surface area contributed by atoms with Gasteiger partial charge in [-0.3, -0.25) is 0 Å². The molecule has 0 spiro atoms. The summed E-state index contributed by atoms with van der Waals surface area (Å²) in [6.45, 7) is 2.25. The van der Waals surface area contributed by atoms with Crippen molar-refractivity contribution in [2.45, 2.75) is 36.3 Å². The molecule has 0 aromatic heterocycles. The Hall–Kier alpha value is 0.690. The summed E-state index contributed by atoms with van der Waals surface area (Å²) in [6, 6.07) is 0.755. The van der Waals surface area contributed by atoms with Gasteiger partial charge in [0.1, 0.15) is 0 Å². The molecular weight excluding hydrogens is 213 g/mol. The fourth-order valence-corrected chi connectivity index (χ4v) is 2.13. The number of hydrogen-bond acceptors (Lipinski definition) is 1. The molecule has 0 saturated carbocycles. The summed E-state index contributed by atoms with van der Waals surface area (Å²) in [6.07, 6.45) is 4.12. The van der Waals surface area contributed by atoms with Crippen LogP contribution in [0.15, 0.2) is 0 Å². The molecule has 2 unspecified atom stereocenters. The highest BCUT2D eigenvalue weighted by Gasteiger charge is 2.13. The van der Waals surface area contributed by atoms with E-state index in [2.05, 4.69) is 34.8 Å². The Morgan fingerprint density at radius 2 is 2.25 bits per heavy atom. The van der Waals surface area contributed by atoms with E-state index >= 15 is 0 Å². The van der Waals surface area contributed by atoms with Crippen LogP contribution in [-0.2, 0) is 0 Å². The summed E-state index contributed by atoms with van der Waals surface area (Å²) in [4.78, 5) is 0. The molecule has 0 bridgehead atoms. The van der Waals surface area contributed by atoms with Crippen molar-refractivity contribution >= 4 is 22.6 Å². The molecule has 1 heterocycles. The molecule has 1 fully saturated rings.